The largest absolute Gasteiger partial charge is 0.395 e. The van der Waals surface area contributed by atoms with Gasteiger partial charge in [0.2, 0.25) is 0 Å². The minimum Gasteiger partial charge on any atom is -0.395 e. The van der Waals surface area contributed by atoms with Crippen LogP contribution in [0.25, 0.3) is 10.1 Å². The van der Waals surface area contributed by atoms with Crippen molar-refractivity contribution >= 4 is 44.9 Å². The molecule has 1 heterocycles. The van der Waals surface area contributed by atoms with Gasteiger partial charge in [-0.25, -0.2) is 4.99 Å². The first-order valence-corrected chi connectivity index (χ1v) is 9.46. The number of carbonyl (C=O) groups excluding carboxylic acids is 1. The zero-order chi connectivity index (χ0) is 20.1. The molecule has 5 N–H and O–H groups in total. The van der Waals surface area contributed by atoms with Gasteiger partial charge in [-0.15, -0.1) is 11.3 Å². The average molecular weight is 392 g/mol. The monoisotopic (exact) mass is 391 g/mol. The third-order valence-corrected chi connectivity index (χ3v) is 5.48. The summed E-state index contributed by atoms with van der Waals surface area (Å²) in [6.07, 6.45) is 0.566. The number of aliphatic imine (C=N–C) groups is 1. The predicted octanol–water partition coefficient (Wildman–Crippen LogP) is 3.23. The second-order valence-corrected chi connectivity index (χ2v) is 7.07. The summed E-state index contributed by atoms with van der Waals surface area (Å²) >= 11 is 1.58. The van der Waals surface area contributed by atoms with Crippen molar-refractivity contribution in [1.29, 1.82) is 0 Å². The Bertz CT molecular complexity index is 1100. The fourth-order valence-corrected chi connectivity index (χ4v) is 4.10. The molecule has 142 valence electrons. The minimum atomic E-state index is -0.0250. The van der Waals surface area contributed by atoms with E-state index in [1.165, 1.54) is 0 Å². The number of thiophene rings is 1. The summed E-state index contributed by atoms with van der Waals surface area (Å²) in [6, 6.07) is 17.5. The number of aryl methyl sites for hydroxylation is 1. The van der Waals surface area contributed by atoms with Crippen molar-refractivity contribution in [3.05, 3.63) is 76.3 Å². The molecule has 0 saturated heterocycles. The van der Waals surface area contributed by atoms with Crippen LogP contribution in [0.15, 0.2) is 76.0 Å². The van der Waals surface area contributed by atoms with Gasteiger partial charge < -0.3 is 16.9 Å². The van der Waals surface area contributed by atoms with E-state index in [4.69, 9.17) is 16.5 Å². The number of carbonyl (C=O) groups is 1. The number of fused-ring (bicyclic) bond motifs is 1. The Morgan fingerprint density at radius 3 is 2.39 bits per heavy atom. The lowest BCUT2D eigenvalue weighted by Crippen LogP contribution is -2.28. The van der Waals surface area contributed by atoms with Crippen molar-refractivity contribution in [3.8, 4) is 0 Å². The molecule has 0 radical (unpaired) electrons. The number of aldehydes is 1. The lowest BCUT2D eigenvalue weighted by atomic mass is 10.0. The van der Waals surface area contributed by atoms with Crippen LogP contribution in [0.4, 0.5) is 5.69 Å². The molecule has 1 aromatic heterocycles. The molecule has 2 aromatic carbocycles. The molecule has 0 amide bonds. The highest BCUT2D eigenvalue weighted by molar-refractivity contribution is 7.21. The van der Waals surface area contributed by atoms with Crippen molar-refractivity contribution in [3.63, 3.8) is 0 Å². The first kappa shape index (κ1) is 19.3. The summed E-state index contributed by atoms with van der Waals surface area (Å²) in [6.45, 7) is 2.02. The molecular weight excluding hydrogens is 370 g/mol. The molecule has 0 saturated carbocycles. The summed E-state index contributed by atoms with van der Waals surface area (Å²) in [4.78, 5) is 17.2. The Kier molecular flexibility index (Phi) is 5.86. The predicted molar refractivity (Wildman–Crippen MR) is 117 cm³/mol. The number of para-hydroxylation sites is 1. The molecule has 0 fully saturated rings. The van der Waals surface area contributed by atoms with Gasteiger partial charge >= 0.3 is 0 Å². The summed E-state index contributed by atoms with van der Waals surface area (Å²) in [5.74, 6) is 0.0960. The summed E-state index contributed by atoms with van der Waals surface area (Å²) in [7, 11) is 1.63. The van der Waals surface area contributed by atoms with Gasteiger partial charge in [0.1, 0.15) is 0 Å². The Labute approximate surface area is 167 Å². The minimum absolute atomic E-state index is 0.0250. The molecule has 6 nitrogen and oxygen atoms in total. The Morgan fingerprint density at radius 1 is 1.07 bits per heavy atom. The maximum absolute atomic E-state index is 11.5. The molecule has 3 rings (SSSR count). The summed E-state index contributed by atoms with van der Waals surface area (Å²) in [5.41, 5.74) is 17.4. The first-order chi connectivity index (χ1) is 13.6. The Balaban J connectivity index is 2.34. The van der Waals surface area contributed by atoms with Crippen LogP contribution in [-0.4, -0.2) is 24.9 Å². The van der Waals surface area contributed by atoms with Gasteiger partial charge in [0.05, 0.1) is 27.5 Å². The van der Waals surface area contributed by atoms with E-state index in [0.717, 1.165) is 26.2 Å². The SMILES string of the molecule is CN/N=C(/N)C(C(=Nc1ccccc1)c1sc2ccccc2c1C)=C(N)C=O. The molecule has 0 aliphatic rings. The smallest absolute Gasteiger partial charge is 0.166 e. The molecule has 0 atom stereocenters. The number of nitrogens with two attached hydrogens (primary N) is 2. The highest BCUT2D eigenvalue weighted by atomic mass is 32.1. The average Bonchev–Trinajstić information content (AvgIpc) is 3.05. The normalized spacial score (nSPS) is 13.4. The van der Waals surface area contributed by atoms with E-state index in [2.05, 4.69) is 16.6 Å². The van der Waals surface area contributed by atoms with Crippen molar-refractivity contribution in [2.45, 2.75) is 6.92 Å². The van der Waals surface area contributed by atoms with E-state index >= 15 is 0 Å². The third-order valence-electron chi connectivity index (χ3n) is 4.20. The molecule has 3 aromatic rings. The summed E-state index contributed by atoms with van der Waals surface area (Å²) in [5, 5.41) is 5.16. The number of hydrazone groups is 1. The maximum atomic E-state index is 11.5. The molecule has 0 spiro atoms. The topological polar surface area (TPSA) is 106 Å². The fourth-order valence-electron chi connectivity index (χ4n) is 2.89. The molecule has 7 heteroatoms. The van der Waals surface area contributed by atoms with Crippen LogP contribution < -0.4 is 16.9 Å². The van der Waals surface area contributed by atoms with Crippen molar-refractivity contribution in [1.82, 2.24) is 5.43 Å². The first-order valence-electron chi connectivity index (χ1n) is 8.64. The number of benzene rings is 2. The standard InChI is InChI=1S/C21H21N5OS/c1-13-15-10-6-7-11-17(15)28-20(13)19(25-14-8-4-3-5-9-14)18(16(22)12-27)21(23)26-24-2/h3-12,24H,22H2,1-2H3,(H2,23,26). The van der Waals surface area contributed by atoms with E-state index in [1.54, 1.807) is 18.4 Å². The third kappa shape index (κ3) is 3.79. The van der Waals surface area contributed by atoms with Gasteiger partial charge in [-0.1, -0.05) is 36.4 Å². The second kappa shape index (κ2) is 8.49. The van der Waals surface area contributed by atoms with Crippen LogP contribution in [0.5, 0.6) is 0 Å². The van der Waals surface area contributed by atoms with E-state index in [-0.39, 0.29) is 11.5 Å². The van der Waals surface area contributed by atoms with Crippen LogP contribution in [0, 0.1) is 6.92 Å². The molecule has 0 aliphatic carbocycles. The van der Waals surface area contributed by atoms with Gasteiger partial charge in [0, 0.05) is 11.7 Å². The van der Waals surface area contributed by atoms with E-state index in [1.807, 2.05) is 55.5 Å². The molecule has 0 unspecified atom stereocenters. The number of allylic oxidation sites excluding steroid dienone is 1. The summed E-state index contributed by atoms with van der Waals surface area (Å²) < 4.78 is 1.11. The van der Waals surface area contributed by atoms with Gasteiger partial charge in [-0.05, 0) is 36.1 Å². The lowest BCUT2D eigenvalue weighted by Gasteiger charge is -2.12. The van der Waals surface area contributed by atoms with E-state index in [9.17, 15) is 4.79 Å². The number of nitrogens with one attached hydrogen (secondary N) is 1. The highest BCUT2D eigenvalue weighted by Crippen LogP contribution is 2.33. The number of rotatable bonds is 6. The lowest BCUT2D eigenvalue weighted by molar-refractivity contribution is -0.105. The number of hydrogen-bond acceptors (Lipinski definition) is 6. The number of nitrogens with zero attached hydrogens (tertiary/aromatic N) is 2. The number of amidine groups is 1. The van der Waals surface area contributed by atoms with Crippen LogP contribution >= 0.6 is 11.3 Å². The van der Waals surface area contributed by atoms with Crippen molar-refractivity contribution in [2.24, 2.45) is 21.6 Å². The molecule has 0 aliphatic heterocycles. The van der Waals surface area contributed by atoms with Crippen molar-refractivity contribution in [2.75, 3.05) is 7.05 Å². The van der Waals surface area contributed by atoms with Crippen LogP contribution in [0.2, 0.25) is 0 Å². The van der Waals surface area contributed by atoms with E-state index in [0.29, 0.717) is 17.6 Å². The quantitative estimate of drug-likeness (QED) is 0.197. The zero-order valence-electron chi connectivity index (χ0n) is 15.6. The van der Waals surface area contributed by atoms with Crippen LogP contribution in [0.1, 0.15) is 10.4 Å². The van der Waals surface area contributed by atoms with Crippen molar-refractivity contribution < 1.29 is 4.79 Å². The van der Waals surface area contributed by atoms with Crippen LogP contribution in [-0.2, 0) is 4.79 Å². The Morgan fingerprint density at radius 2 is 1.75 bits per heavy atom. The fraction of sp³-hybridized carbons (Fsp3) is 0.0952. The van der Waals surface area contributed by atoms with Gasteiger partial charge in [0.25, 0.3) is 0 Å². The second-order valence-electron chi connectivity index (χ2n) is 6.02. The molecule has 0 bridgehead atoms. The Hall–Kier alpha value is -3.45. The van der Waals surface area contributed by atoms with Gasteiger partial charge in [-0.2, -0.15) is 5.10 Å². The highest BCUT2D eigenvalue weighted by Gasteiger charge is 2.23. The maximum Gasteiger partial charge on any atom is 0.166 e. The molecule has 28 heavy (non-hydrogen) atoms. The van der Waals surface area contributed by atoms with Gasteiger partial charge in [0.15, 0.2) is 12.1 Å². The molecular formula is C21H21N5OS. The number of hydrogen-bond donors (Lipinski definition) is 3. The zero-order valence-corrected chi connectivity index (χ0v) is 16.5. The van der Waals surface area contributed by atoms with Gasteiger partial charge in [-0.3, -0.25) is 4.79 Å². The van der Waals surface area contributed by atoms with E-state index < -0.39 is 0 Å². The van der Waals surface area contributed by atoms with Crippen LogP contribution in [0.3, 0.4) is 0 Å².